The van der Waals surface area contributed by atoms with Crippen LogP contribution in [-0.2, 0) is 10.5 Å². The molecule has 0 aliphatic carbocycles. The Bertz CT molecular complexity index is 852. The number of thioether (sulfide) groups is 1. The molecule has 0 atom stereocenters. The Kier molecular flexibility index (Phi) is 5.67. The second kappa shape index (κ2) is 8.13. The van der Waals surface area contributed by atoms with Crippen LogP contribution >= 0.6 is 23.1 Å². The fourth-order valence-corrected chi connectivity index (χ4v) is 4.01. The molecule has 2 aromatic heterocycles. The average molecular weight is 371 g/mol. The lowest BCUT2D eigenvalue weighted by Crippen LogP contribution is -2.23. The highest BCUT2D eigenvalue weighted by Crippen LogP contribution is 2.36. The normalized spacial score (nSPS) is 10.5. The van der Waals surface area contributed by atoms with Crippen LogP contribution in [0.4, 0.5) is 10.8 Å². The Labute approximate surface area is 154 Å². The van der Waals surface area contributed by atoms with Gasteiger partial charge in [-0.1, -0.05) is 18.2 Å². The van der Waals surface area contributed by atoms with Gasteiger partial charge in [-0.15, -0.1) is 23.1 Å². The van der Waals surface area contributed by atoms with Crippen molar-refractivity contribution in [2.24, 2.45) is 0 Å². The summed E-state index contributed by atoms with van der Waals surface area (Å²) in [4.78, 5) is 22.7. The molecule has 0 aliphatic heterocycles. The van der Waals surface area contributed by atoms with E-state index in [1.807, 2.05) is 47.8 Å². The van der Waals surface area contributed by atoms with Crippen LogP contribution in [0.2, 0.25) is 0 Å². The summed E-state index contributed by atoms with van der Waals surface area (Å²) in [7, 11) is 1.59. The third-order valence-electron chi connectivity index (χ3n) is 3.38. The van der Waals surface area contributed by atoms with Crippen molar-refractivity contribution in [1.82, 2.24) is 9.97 Å². The number of rotatable bonds is 6. The van der Waals surface area contributed by atoms with Gasteiger partial charge in [-0.3, -0.25) is 9.69 Å². The van der Waals surface area contributed by atoms with Crippen LogP contribution in [0.5, 0.6) is 5.75 Å². The predicted molar refractivity (Wildman–Crippen MR) is 102 cm³/mol. The van der Waals surface area contributed by atoms with E-state index in [2.05, 4.69) is 9.97 Å². The molecule has 0 N–H and O–H groups in total. The van der Waals surface area contributed by atoms with Crippen molar-refractivity contribution in [1.29, 1.82) is 0 Å². The fraction of sp³-hybridized carbons (Fsp3) is 0.167. The summed E-state index contributed by atoms with van der Waals surface area (Å²) in [5.41, 5.74) is 1.60. The Morgan fingerprint density at radius 2 is 2.04 bits per heavy atom. The van der Waals surface area contributed by atoms with E-state index in [0.717, 1.165) is 10.7 Å². The lowest BCUT2D eigenvalue weighted by Gasteiger charge is -2.20. The predicted octanol–water partition coefficient (Wildman–Crippen LogP) is 4.52. The maximum Gasteiger partial charge on any atom is 0.230 e. The molecule has 128 valence electrons. The van der Waals surface area contributed by atoms with Gasteiger partial charge >= 0.3 is 0 Å². The van der Waals surface area contributed by atoms with Crippen LogP contribution in [0.25, 0.3) is 0 Å². The summed E-state index contributed by atoms with van der Waals surface area (Å²) in [6.45, 7) is 1.52. The molecule has 0 radical (unpaired) electrons. The quantitative estimate of drug-likeness (QED) is 0.596. The molecular formula is C18H17N3O2S2. The van der Waals surface area contributed by atoms with Gasteiger partial charge in [-0.25, -0.2) is 9.97 Å². The van der Waals surface area contributed by atoms with Crippen molar-refractivity contribution < 1.29 is 9.53 Å². The number of carbonyl (C=O) groups excluding carboxylic acids is 1. The van der Waals surface area contributed by atoms with Crippen molar-refractivity contribution in [3.05, 3.63) is 59.7 Å². The molecule has 2 heterocycles. The number of aromatic nitrogens is 2. The lowest BCUT2D eigenvalue weighted by atomic mass is 10.2. The first-order valence-electron chi connectivity index (χ1n) is 7.61. The van der Waals surface area contributed by atoms with Gasteiger partial charge in [0.1, 0.15) is 5.75 Å². The number of nitrogens with zero attached hydrogens (tertiary/aromatic N) is 3. The number of benzene rings is 1. The van der Waals surface area contributed by atoms with Gasteiger partial charge in [-0.05, 0) is 24.3 Å². The molecule has 25 heavy (non-hydrogen) atoms. The van der Waals surface area contributed by atoms with Gasteiger partial charge in [0.25, 0.3) is 0 Å². The molecule has 3 rings (SSSR count). The van der Waals surface area contributed by atoms with Crippen LogP contribution in [0.1, 0.15) is 12.6 Å². The first-order chi connectivity index (χ1) is 12.2. The van der Waals surface area contributed by atoms with E-state index in [-0.39, 0.29) is 5.91 Å². The lowest BCUT2D eigenvalue weighted by molar-refractivity contribution is -0.115. The minimum Gasteiger partial charge on any atom is -0.495 e. The number of pyridine rings is 1. The third kappa shape index (κ3) is 4.18. The van der Waals surface area contributed by atoms with E-state index in [0.29, 0.717) is 22.3 Å². The fourth-order valence-electron chi connectivity index (χ4n) is 2.27. The first-order valence-corrected chi connectivity index (χ1v) is 9.47. The summed E-state index contributed by atoms with van der Waals surface area (Å²) in [5.74, 6) is 1.23. The standard InChI is InChI=1S/C18H17N3O2S2/c1-13(22)21(15-7-3-4-8-16(15)23-2)18-20-14(12-25-18)11-24-17-9-5-6-10-19-17/h3-10,12H,11H2,1-2H3. The number of methoxy groups -OCH3 is 1. The summed E-state index contributed by atoms with van der Waals surface area (Å²) in [5, 5.41) is 3.55. The molecular weight excluding hydrogens is 354 g/mol. The number of hydrogen-bond donors (Lipinski definition) is 0. The average Bonchev–Trinajstić information content (AvgIpc) is 3.09. The molecule has 0 spiro atoms. The van der Waals surface area contributed by atoms with Crippen molar-refractivity contribution in [3.8, 4) is 5.75 Å². The molecule has 7 heteroatoms. The zero-order valence-electron chi connectivity index (χ0n) is 13.9. The zero-order valence-corrected chi connectivity index (χ0v) is 15.5. The smallest absolute Gasteiger partial charge is 0.230 e. The molecule has 3 aromatic rings. The van der Waals surface area contributed by atoms with E-state index in [9.17, 15) is 4.79 Å². The van der Waals surface area contributed by atoms with Crippen LogP contribution in [0.3, 0.4) is 0 Å². The van der Waals surface area contributed by atoms with Crippen molar-refractivity contribution >= 4 is 39.8 Å². The topological polar surface area (TPSA) is 55.3 Å². The van der Waals surface area contributed by atoms with Gasteiger partial charge in [0.2, 0.25) is 5.91 Å². The number of carbonyl (C=O) groups is 1. The second-order valence-electron chi connectivity index (χ2n) is 5.10. The van der Waals surface area contributed by atoms with Crippen LogP contribution < -0.4 is 9.64 Å². The molecule has 0 fully saturated rings. The Balaban J connectivity index is 1.81. The van der Waals surface area contributed by atoms with Gasteiger partial charge in [-0.2, -0.15) is 0 Å². The Hall–Kier alpha value is -2.38. The molecule has 1 aromatic carbocycles. The van der Waals surface area contributed by atoms with Gasteiger partial charge < -0.3 is 4.74 Å². The van der Waals surface area contributed by atoms with E-state index in [4.69, 9.17) is 4.74 Å². The molecule has 0 aliphatic rings. The molecule has 0 unspecified atom stereocenters. The van der Waals surface area contributed by atoms with Crippen LogP contribution in [0, 0.1) is 0 Å². The van der Waals surface area contributed by atoms with Gasteiger partial charge in [0, 0.05) is 24.3 Å². The monoisotopic (exact) mass is 371 g/mol. The number of para-hydroxylation sites is 2. The zero-order chi connectivity index (χ0) is 17.6. The number of thiazole rings is 1. The van der Waals surface area contributed by atoms with Crippen LogP contribution in [0.15, 0.2) is 59.1 Å². The largest absolute Gasteiger partial charge is 0.495 e. The SMILES string of the molecule is COc1ccccc1N(C(C)=O)c1nc(CSc2ccccn2)cs1. The summed E-state index contributed by atoms with van der Waals surface area (Å²) >= 11 is 3.06. The second-order valence-corrected chi connectivity index (χ2v) is 6.94. The van der Waals surface area contributed by atoms with Crippen molar-refractivity contribution in [2.75, 3.05) is 12.0 Å². The summed E-state index contributed by atoms with van der Waals surface area (Å²) in [6, 6.07) is 13.2. The maximum atomic E-state index is 12.2. The number of anilines is 2. The Morgan fingerprint density at radius 1 is 1.24 bits per heavy atom. The highest BCUT2D eigenvalue weighted by molar-refractivity contribution is 7.98. The number of amides is 1. The number of hydrogen-bond acceptors (Lipinski definition) is 6. The van der Waals surface area contributed by atoms with Crippen molar-refractivity contribution in [2.45, 2.75) is 17.7 Å². The van der Waals surface area contributed by atoms with Gasteiger partial charge in [0.15, 0.2) is 5.13 Å². The first kappa shape index (κ1) is 17.4. The van der Waals surface area contributed by atoms with Crippen molar-refractivity contribution in [3.63, 3.8) is 0 Å². The maximum absolute atomic E-state index is 12.2. The van der Waals surface area contributed by atoms with Gasteiger partial charge in [0.05, 0.1) is 23.5 Å². The molecule has 1 amide bonds. The molecule has 0 bridgehead atoms. The Morgan fingerprint density at radius 3 is 2.76 bits per heavy atom. The summed E-state index contributed by atoms with van der Waals surface area (Å²) in [6.07, 6.45) is 1.77. The molecule has 0 saturated carbocycles. The minimum atomic E-state index is -0.109. The molecule has 0 saturated heterocycles. The van der Waals surface area contributed by atoms with E-state index in [1.165, 1.54) is 18.3 Å². The highest BCUT2D eigenvalue weighted by Gasteiger charge is 2.21. The third-order valence-corrected chi connectivity index (χ3v) is 5.23. The highest BCUT2D eigenvalue weighted by atomic mass is 32.2. The number of ether oxygens (including phenoxy) is 1. The van der Waals surface area contributed by atoms with E-state index in [1.54, 1.807) is 30.0 Å². The van der Waals surface area contributed by atoms with E-state index < -0.39 is 0 Å². The summed E-state index contributed by atoms with van der Waals surface area (Å²) < 4.78 is 5.38. The van der Waals surface area contributed by atoms with E-state index >= 15 is 0 Å². The molecule has 5 nitrogen and oxygen atoms in total. The minimum absolute atomic E-state index is 0.109. The van der Waals surface area contributed by atoms with Crippen LogP contribution in [-0.4, -0.2) is 23.0 Å².